The molecule has 2 saturated carbocycles. The third kappa shape index (κ3) is 2.90. The molecule has 0 unspecified atom stereocenters. The van der Waals surface area contributed by atoms with Crippen LogP contribution in [0.3, 0.4) is 0 Å². The van der Waals surface area contributed by atoms with E-state index >= 15 is 0 Å². The maximum atomic E-state index is 12.1. The van der Waals surface area contributed by atoms with Crippen LogP contribution in [0.5, 0.6) is 0 Å². The average Bonchev–Trinajstić information content (AvgIpc) is 3.52. The molecule has 3 aromatic rings. The normalized spacial score (nSPS) is 16.6. The van der Waals surface area contributed by atoms with Crippen LogP contribution in [0.4, 0.5) is 0 Å². The van der Waals surface area contributed by atoms with Gasteiger partial charge in [0.25, 0.3) is 5.56 Å². The summed E-state index contributed by atoms with van der Waals surface area (Å²) < 4.78 is 1.79. The average molecular weight is 339 g/mol. The Kier molecular flexibility index (Phi) is 3.78. The summed E-state index contributed by atoms with van der Waals surface area (Å²) in [6.07, 6.45) is 8.07. The fourth-order valence-electron chi connectivity index (χ4n) is 3.02. The van der Waals surface area contributed by atoms with Gasteiger partial charge in [-0.25, -0.2) is 14.3 Å². The topological polar surface area (TPSA) is 95.9 Å². The predicted molar refractivity (Wildman–Crippen MR) is 95.0 cm³/mol. The Morgan fingerprint density at radius 1 is 1.12 bits per heavy atom. The zero-order valence-electron chi connectivity index (χ0n) is 14.4. The smallest absolute Gasteiger partial charge is 0.313 e. The van der Waals surface area contributed by atoms with E-state index in [-0.39, 0.29) is 0 Å². The number of nitrogens with one attached hydrogen (secondary N) is 2. The first kappa shape index (κ1) is 15.8. The van der Waals surface area contributed by atoms with Crippen LogP contribution >= 0.6 is 0 Å². The summed E-state index contributed by atoms with van der Waals surface area (Å²) in [7, 11) is 0. The Morgan fingerprint density at radius 3 is 2.48 bits per heavy atom. The van der Waals surface area contributed by atoms with Crippen molar-refractivity contribution < 1.29 is 0 Å². The van der Waals surface area contributed by atoms with Crippen LogP contribution in [0, 0.1) is 0 Å². The molecule has 0 aliphatic heterocycles. The molecule has 0 spiro atoms. The van der Waals surface area contributed by atoms with Crippen molar-refractivity contribution in [2.75, 3.05) is 0 Å². The second-order valence-electron chi connectivity index (χ2n) is 6.45. The highest BCUT2D eigenvalue weighted by Gasteiger charge is 2.31. The van der Waals surface area contributed by atoms with Gasteiger partial charge in [-0.1, -0.05) is 13.8 Å². The lowest BCUT2D eigenvalue weighted by atomic mass is 10.1. The van der Waals surface area contributed by atoms with E-state index in [1.165, 1.54) is 19.0 Å². The molecule has 0 bridgehead atoms. The summed E-state index contributed by atoms with van der Waals surface area (Å²) in [5.41, 5.74) is 3.14. The number of fused-ring (bicyclic) bond motifs is 1. The Balaban J connectivity index is 0.000000758. The van der Waals surface area contributed by atoms with E-state index < -0.39 is 11.2 Å². The van der Waals surface area contributed by atoms with Gasteiger partial charge in [0.1, 0.15) is 0 Å². The minimum absolute atomic E-state index is 0.370. The quantitative estimate of drug-likeness (QED) is 0.766. The fraction of sp³-hybridized carbons (Fsp3) is 0.444. The van der Waals surface area contributed by atoms with Crippen molar-refractivity contribution in [3.8, 4) is 11.3 Å². The molecule has 7 nitrogen and oxygen atoms in total. The van der Waals surface area contributed by atoms with Crippen molar-refractivity contribution in [1.29, 1.82) is 0 Å². The van der Waals surface area contributed by atoms with Gasteiger partial charge >= 0.3 is 5.69 Å². The molecule has 2 aliphatic carbocycles. The highest BCUT2D eigenvalue weighted by molar-refractivity contribution is 5.63. The second kappa shape index (κ2) is 5.98. The van der Waals surface area contributed by atoms with E-state index in [1.54, 1.807) is 4.52 Å². The lowest BCUT2D eigenvalue weighted by Gasteiger charge is -2.05. The van der Waals surface area contributed by atoms with E-state index in [2.05, 4.69) is 15.1 Å². The maximum absolute atomic E-state index is 12.1. The van der Waals surface area contributed by atoms with Crippen molar-refractivity contribution >= 4 is 5.65 Å². The lowest BCUT2D eigenvalue weighted by molar-refractivity contribution is 0.910. The molecule has 0 aromatic carbocycles. The molecule has 7 heteroatoms. The summed E-state index contributed by atoms with van der Waals surface area (Å²) in [5.74, 6) is 1.05. The second-order valence-corrected chi connectivity index (χ2v) is 6.45. The largest absolute Gasteiger partial charge is 0.325 e. The third-order valence-electron chi connectivity index (χ3n) is 4.58. The maximum Gasteiger partial charge on any atom is 0.325 e. The van der Waals surface area contributed by atoms with Crippen molar-refractivity contribution in [1.82, 2.24) is 24.6 Å². The number of rotatable bonds is 3. The van der Waals surface area contributed by atoms with Crippen molar-refractivity contribution in [3.63, 3.8) is 0 Å². The highest BCUT2D eigenvalue weighted by Crippen LogP contribution is 2.44. The van der Waals surface area contributed by atoms with Crippen LogP contribution in [-0.2, 0) is 0 Å². The molecule has 5 rings (SSSR count). The van der Waals surface area contributed by atoms with E-state index in [1.807, 2.05) is 26.1 Å². The number of nitrogens with zero attached hydrogens (tertiary/aromatic N) is 3. The van der Waals surface area contributed by atoms with Crippen molar-refractivity contribution in [2.24, 2.45) is 0 Å². The van der Waals surface area contributed by atoms with Crippen molar-refractivity contribution in [2.45, 2.75) is 51.4 Å². The number of aromatic amines is 2. The lowest BCUT2D eigenvalue weighted by Crippen LogP contribution is -2.23. The molecule has 0 atom stereocenters. The van der Waals surface area contributed by atoms with E-state index in [0.29, 0.717) is 23.1 Å². The molecule has 0 saturated heterocycles. The van der Waals surface area contributed by atoms with Gasteiger partial charge in [0.15, 0.2) is 5.65 Å². The van der Waals surface area contributed by atoms with E-state index in [4.69, 9.17) is 4.98 Å². The van der Waals surface area contributed by atoms with Gasteiger partial charge in [-0.05, 0) is 37.7 Å². The Labute approximate surface area is 144 Å². The minimum Gasteiger partial charge on any atom is -0.313 e. The van der Waals surface area contributed by atoms with Crippen LogP contribution in [0.15, 0.2) is 28.0 Å². The number of H-pyrrole nitrogens is 2. The molecular formula is C18H21N5O2. The molecule has 3 aromatic heterocycles. The Bertz CT molecular complexity index is 1040. The van der Waals surface area contributed by atoms with Crippen molar-refractivity contribution in [3.05, 3.63) is 50.6 Å². The van der Waals surface area contributed by atoms with Crippen LogP contribution in [0.2, 0.25) is 0 Å². The first-order chi connectivity index (χ1) is 12.2. The molecule has 2 fully saturated rings. The van der Waals surface area contributed by atoms with Crippen LogP contribution in [0.25, 0.3) is 16.9 Å². The molecule has 2 aliphatic rings. The van der Waals surface area contributed by atoms with Crippen LogP contribution in [-0.4, -0.2) is 24.6 Å². The number of hydrogen-bond donors (Lipinski definition) is 2. The zero-order chi connectivity index (χ0) is 17.6. The number of hydrogen-bond acceptors (Lipinski definition) is 4. The first-order valence-corrected chi connectivity index (χ1v) is 8.91. The molecule has 3 heterocycles. The fourth-order valence-corrected chi connectivity index (χ4v) is 3.02. The van der Waals surface area contributed by atoms with Crippen LogP contribution in [0.1, 0.15) is 62.6 Å². The Morgan fingerprint density at radius 2 is 1.84 bits per heavy atom. The Hall–Kier alpha value is -2.70. The third-order valence-corrected chi connectivity index (χ3v) is 4.58. The van der Waals surface area contributed by atoms with Gasteiger partial charge in [0.05, 0.1) is 23.1 Å². The van der Waals surface area contributed by atoms with Gasteiger partial charge in [0.2, 0.25) is 0 Å². The summed E-state index contributed by atoms with van der Waals surface area (Å²) >= 11 is 0. The predicted octanol–water partition coefficient (Wildman–Crippen LogP) is 2.55. The SMILES string of the molecule is CC.O=c1[nH]cc(-c2cc(C3CC3)c3nc(C4CC4)cn3n2)c(=O)[nH]1. The standard InChI is InChI=1S/C16H15N5O2.C2H6/c22-15-11(6-17-16(23)19-15)12-5-10(8-1-2-8)14-18-13(9-3-4-9)7-21(14)20-12;1-2/h5-9H,1-4H2,(H2,17,19,22,23);1-2H3. The minimum atomic E-state index is -0.513. The van der Waals surface area contributed by atoms with Gasteiger partial charge in [-0.2, -0.15) is 5.10 Å². The molecular weight excluding hydrogens is 318 g/mol. The summed E-state index contributed by atoms with van der Waals surface area (Å²) in [6, 6.07) is 1.94. The van der Waals surface area contributed by atoms with E-state index in [0.717, 1.165) is 29.7 Å². The van der Waals surface area contributed by atoms with Crippen LogP contribution < -0.4 is 11.2 Å². The number of aromatic nitrogens is 5. The molecule has 0 amide bonds. The van der Waals surface area contributed by atoms with Gasteiger partial charge in [0, 0.05) is 17.7 Å². The van der Waals surface area contributed by atoms with Gasteiger partial charge in [-0.3, -0.25) is 9.78 Å². The van der Waals surface area contributed by atoms with E-state index in [9.17, 15) is 9.59 Å². The monoisotopic (exact) mass is 339 g/mol. The number of imidazole rings is 1. The van der Waals surface area contributed by atoms with Gasteiger partial charge in [-0.15, -0.1) is 0 Å². The molecule has 0 radical (unpaired) electrons. The summed E-state index contributed by atoms with van der Waals surface area (Å²) in [6.45, 7) is 4.00. The highest BCUT2D eigenvalue weighted by atomic mass is 16.2. The summed E-state index contributed by atoms with van der Waals surface area (Å²) in [5, 5.41) is 4.55. The molecule has 2 N–H and O–H groups in total. The molecule has 130 valence electrons. The zero-order valence-corrected chi connectivity index (χ0v) is 14.4. The summed E-state index contributed by atoms with van der Waals surface area (Å²) in [4.78, 5) is 32.8. The molecule has 25 heavy (non-hydrogen) atoms. The first-order valence-electron chi connectivity index (χ1n) is 8.91. The van der Waals surface area contributed by atoms with Gasteiger partial charge < -0.3 is 4.98 Å².